The highest BCUT2D eigenvalue weighted by Crippen LogP contribution is 2.22. The maximum absolute atomic E-state index is 12.8. The Bertz CT molecular complexity index is 832. The lowest BCUT2D eigenvalue weighted by Gasteiger charge is -2.27. The van der Waals surface area contributed by atoms with Crippen LogP contribution in [0.15, 0.2) is 42.5 Å². The van der Waals surface area contributed by atoms with Crippen molar-refractivity contribution in [1.82, 2.24) is 4.90 Å². The summed E-state index contributed by atoms with van der Waals surface area (Å²) in [5.41, 5.74) is 1.88. The van der Waals surface area contributed by atoms with Crippen LogP contribution in [0.4, 0.5) is 5.69 Å². The van der Waals surface area contributed by atoms with E-state index < -0.39 is 0 Å². The molecule has 0 aromatic heterocycles. The molecule has 1 N–H and O–H groups in total. The van der Waals surface area contributed by atoms with Crippen molar-refractivity contribution >= 4 is 29.1 Å². The van der Waals surface area contributed by atoms with Crippen molar-refractivity contribution in [2.45, 2.75) is 26.2 Å². The van der Waals surface area contributed by atoms with Crippen LogP contribution >= 0.6 is 11.6 Å². The van der Waals surface area contributed by atoms with Crippen molar-refractivity contribution < 1.29 is 14.3 Å². The van der Waals surface area contributed by atoms with Crippen molar-refractivity contribution in [3.63, 3.8) is 0 Å². The van der Waals surface area contributed by atoms with Gasteiger partial charge in [0.2, 0.25) is 0 Å². The molecule has 0 spiro atoms. The number of hydrogen-bond acceptors (Lipinski definition) is 3. The van der Waals surface area contributed by atoms with Gasteiger partial charge in [0.1, 0.15) is 5.75 Å². The fourth-order valence-electron chi connectivity index (χ4n) is 3.15. The predicted molar refractivity (Wildman–Crippen MR) is 107 cm³/mol. The van der Waals surface area contributed by atoms with Gasteiger partial charge in [-0.1, -0.05) is 23.7 Å². The second-order valence-electron chi connectivity index (χ2n) is 6.65. The minimum atomic E-state index is -0.316. The minimum Gasteiger partial charge on any atom is -0.483 e. The third-order valence-electron chi connectivity index (χ3n) is 4.57. The molecule has 5 nitrogen and oxygen atoms in total. The number of para-hydroxylation sites is 1. The summed E-state index contributed by atoms with van der Waals surface area (Å²) in [6, 6.07) is 12.3. The Morgan fingerprint density at radius 3 is 2.59 bits per heavy atom. The second-order valence-corrected chi connectivity index (χ2v) is 7.08. The standard InChI is InChI=1S/C21H23ClN2O3/c1-15-13-16(22)9-10-19(15)27-14-20(25)23-18-8-4-3-7-17(18)21(26)24-11-5-2-6-12-24/h3-4,7-10,13H,2,5-6,11-12,14H2,1H3,(H,23,25). The van der Waals surface area contributed by atoms with Crippen LogP contribution in [0.25, 0.3) is 0 Å². The molecular formula is C21H23ClN2O3. The van der Waals surface area contributed by atoms with Crippen molar-refractivity contribution in [1.29, 1.82) is 0 Å². The molecule has 1 saturated heterocycles. The fraction of sp³-hybridized carbons (Fsp3) is 0.333. The fourth-order valence-corrected chi connectivity index (χ4v) is 3.38. The largest absolute Gasteiger partial charge is 0.483 e. The third-order valence-corrected chi connectivity index (χ3v) is 4.81. The average molecular weight is 387 g/mol. The number of hydrogen-bond donors (Lipinski definition) is 1. The molecule has 2 aromatic carbocycles. The minimum absolute atomic E-state index is 0.0416. The van der Waals surface area contributed by atoms with E-state index >= 15 is 0 Å². The number of piperidine rings is 1. The Labute approximate surface area is 164 Å². The van der Waals surface area contributed by atoms with E-state index in [1.165, 1.54) is 0 Å². The van der Waals surface area contributed by atoms with E-state index in [0.717, 1.165) is 37.9 Å². The van der Waals surface area contributed by atoms with E-state index in [0.29, 0.717) is 22.0 Å². The van der Waals surface area contributed by atoms with E-state index in [2.05, 4.69) is 5.32 Å². The topological polar surface area (TPSA) is 58.6 Å². The van der Waals surface area contributed by atoms with Gasteiger partial charge < -0.3 is 15.0 Å². The summed E-state index contributed by atoms with van der Waals surface area (Å²) in [7, 11) is 0. The highest BCUT2D eigenvalue weighted by atomic mass is 35.5. The number of carbonyl (C=O) groups excluding carboxylic acids is 2. The molecule has 2 aromatic rings. The zero-order chi connectivity index (χ0) is 19.2. The summed E-state index contributed by atoms with van der Waals surface area (Å²) in [5, 5.41) is 3.41. The predicted octanol–water partition coefficient (Wildman–Crippen LogP) is 4.29. The molecule has 0 unspecified atom stereocenters. The summed E-state index contributed by atoms with van der Waals surface area (Å²) in [6.45, 7) is 3.25. The number of anilines is 1. The maximum atomic E-state index is 12.8. The number of likely N-dealkylation sites (tertiary alicyclic amines) is 1. The molecule has 1 fully saturated rings. The SMILES string of the molecule is Cc1cc(Cl)ccc1OCC(=O)Nc1ccccc1C(=O)N1CCCCC1. The van der Waals surface area contributed by atoms with Crippen LogP contribution in [-0.2, 0) is 4.79 Å². The van der Waals surface area contributed by atoms with Crippen molar-refractivity contribution in [3.05, 3.63) is 58.6 Å². The molecule has 0 atom stereocenters. The number of carbonyl (C=O) groups is 2. The summed E-state index contributed by atoms with van der Waals surface area (Å²) in [6.07, 6.45) is 3.20. The lowest BCUT2D eigenvalue weighted by atomic mass is 10.1. The smallest absolute Gasteiger partial charge is 0.262 e. The molecule has 0 saturated carbocycles. The van der Waals surface area contributed by atoms with Crippen LogP contribution in [-0.4, -0.2) is 36.4 Å². The first-order valence-corrected chi connectivity index (χ1v) is 9.49. The van der Waals surface area contributed by atoms with Gasteiger partial charge in [-0.2, -0.15) is 0 Å². The summed E-state index contributed by atoms with van der Waals surface area (Å²) in [5.74, 6) is 0.246. The lowest BCUT2D eigenvalue weighted by Crippen LogP contribution is -2.36. The zero-order valence-corrected chi connectivity index (χ0v) is 16.1. The third kappa shape index (κ3) is 5.01. The first-order valence-electron chi connectivity index (χ1n) is 9.12. The Balaban J connectivity index is 1.64. The monoisotopic (exact) mass is 386 g/mol. The molecule has 142 valence electrons. The second kappa shape index (κ2) is 8.91. The Morgan fingerprint density at radius 1 is 1.11 bits per heavy atom. The summed E-state index contributed by atoms with van der Waals surface area (Å²) >= 11 is 5.93. The lowest BCUT2D eigenvalue weighted by molar-refractivity contribution is -0.118. The van der Waals surface area contributed by atoms with E-state index in [9.17, 15) is 9.59 Å². The van der Waals surface area contributed by atoms with E-state index in [1.54, 1.807) is 42.5 Å². The van der Waals surface area contributed by atoms with Crippen LogP contribution in [0.2, 0.25) is 5.02 Å². The van der Waals surface area contributed by atoms with E-state index in [-0.39, 0.29) is 18.4 Å². The van der Waals surface area contributed by atoms with Gasteiger partial charge >= 0.3 is 0 Å². The molecule has 2 amide bonds. The van der Waals surface area contributed by atoms with E-state index in [1.807, 2.05) is 11.8 Å². The highest BCUT2D eigenvalue weighted by molar-refractivity contribution is 6.30. The highest BCUT2D eigenvalue weighted by Gasteiger charge is 2.21. The van der Waals surface area contributed by atoms with Crippen LogP contribution in [0.3, 0.4) is 0 Å². The molecular weight excluding hydrogens is 364 g/mol. The number of amides is 2. The Hall–Kier alpha value is -2.53. The van der Waals surface area contributed by atoms with Gasteiger partial charge in [0.05, 0.1) is 11.3 Å². The number of nitrogens with zero attached hydrogens (tertiary/aromatic N) is 1. The number of nitrogens with one attached hydrogen (secondary N) is 1. The first kappa shape index (κ1) is 19.2. The van der Waals surface area contributed by atoms with Gasteiger partial charge in [-0.3, -0.25) is 9.59 Å². The van der Waals surface area contributed by atoms with Crippen LogP contribution in [0.1, 0.15) is 35.2 Å². The number of rotatable bonds is 5. The van der Waals surface area contributed by atoms with Crippen LogP contribution < -0.4 is 10.1 Å². The molecule has 1 aliphatic heterocycles. The van der Waals surface area contributed by atoms with Gasteiger partial charge in [0, 0.05) is 18.1 Å². The summed E-state index contributed by atoms with van der Waals surface area (Å²) < 4.78 is 5.58. The number of aryl methyl sites for hydroxylation is 1. The van der Waals surface area contributed by atoms with Gasteiger partial charge in [0.15, 0.2) is 6.61 Å². The molecule has 6 heteroatoms. The van der Waals surface area contributed by atoms with E-state index in [4.69, 9.17) is 16.3 Å². The number of halogens is 1. The normalized spacial score (nSPS) is 13.9. The summed E-state index contributed by atoms with van der Waals surface area (Å²) in [4.78, 5) is 27.0. The quantitative estimate of drug-likeness (QED) is 0.833. The van der Waals surface area contributed by atoms with Gasteiger partial charge in [-0.25, -0.2) is 0 Å². The first-order chi connectivity index (χ1) is 13.0. The zero-order valence-electron chi connectivity index (χ0n) is 15.3. The molecule has 1 heterocycles. The average Bonchev–Trinajstić information content (AvgIpc) is 2.68. The van der Waals surface area contributed by atoms with Crippen molar-refractivity contribution in [2.24, 2.45) is 0 Å². The Morgan fingerprint density at radius 2 is 1.85 bits per heavy atom. The number of ether oxygens (including phenoxy) is 1. The van der Waals surface area contributed by atoms with Gasteiger partial charge in [-0.15, -0.1) is 0 Å². The van der Waals surface area contributed by atoms with Gasteiger partial charge in [0.25, 0.3) is 11.8 Å². The van der Waals surface area contributed by atoms with Crippen LogP contribution in [0, 0.1) is 6.92 Å². The number of benzene rings is 2. The van der Waals surface area contributed by atoms with Crippen molar-refractivity contribution in [3.8, 4) is 5.75 Å². The van der Waals surface area contributed by atoms with Gasteiger partial charge in [-0.05, 0) is 62.1 Å². The van der Waals surface area contributed by atoms with Crippen LogP contribution in [0.5, 0.6) is 5.75 Å². The molecule has 0 bridgehead atoms. The molecule has 27 heavy (non-hydrogen) atoms. The molecule has 1 aliphatic rings. The maximum Gasteiger partial charge on any atom is 0.262 e. The molecule has 0 aliphatic carbocycles. The molecule has 0 radical (unpaired) electrons. The Kier molecular flexibility index (Phi) is 6.35. The van der Waals surface area contributed by atoms with Crippen molar-refractivity contribution in [2.75, 3.05) is 25.0 Å². The molecule has 3 rings (SSSR count).